The quantitative estimate of drug-likeness (QED) is 0.433. The topological polar surface area (TPSA) is 100 Å². The summed E-state index contributed by atoms with van der Waals surface area (Å²) in [7, 11) is 1.84. The summed E-state index contributed by atoms with van der Waals surface area (Å²) >= 11 is 7.55. The summed E-state index contributed by atoms with van der Waals surface area (Å²) in [5.41, 5.74) is 3.69. The summed E-state index contributed by atoms with van der Waals surface area (Å²) in [6, 6.07) is 9.74. The number of pyridine rings is 1. The van der Waals surface area contributed by atoms with Gasteiger partial charge < -0.3 is 0 Å². The van der Waals surface area contributed by atoms with E-state index in [0.717, 1.165) is 43.0 Å². The molecular formula is C22H15ClN6OS. The molecule has 0 saturated heterocycles. The molecule has 0 aliphatic carbocycles. The number of aromatic amines is 1. The number of thiophene rings is 1. The molecule has 4 aromatic heterocycles. The summed E-state index contributed by atoms with van der Waals surface area (Å²) in [6.07, 6.45) is 4.04. The van der Waals surface area contributed by atoms with Gasteiger partial charge in [0.1, 0.15) is 10.9 Å². The second-order valence-corrected chi connectivity index (χ2v) is 8.50. The van der Waals surface area contributed by atoms with Gasteiger partial charge in [-0.05, 0) is 30.2 Å². The lowest BCUT2D eigenvalue weighted by Gasteiger charge is -2.08. The summed E-state index contributed by atoms with van der Waals surface area (Å²) in [5.74, 6) is 0. The molecule has 1 aromatic carbocycles. The molecule has 31 heavy (non-hydrogen) atoms. The number of fused-ring (bicyclic) bond motifs is 2. The number of nitrogens with zero attached hydrogens (tertiary/aromatic N) is 5. The first-order valence-electron chi connectivity index (χ1n) is 9.54. The Balaban J connectivity index is 1.79. The van der Waals surface area contributed by atoms with E-state index in [1.807, 2.05) is 26.1 Å². The van der Waals surface area contributed by atoms with Gasteiger partial charge in [0.2, 0.25) is 0 Å². The van der Waals surface area contributed by atoms with E-state index in [1.54, 1.807) is 29.2 Å². The molecule has 5 rings (SSSR count). The third-order valence-corrected chi connectivity index (χ3v) is 6.62. The zero-order chi connectivity index (χ0) is 21.7. The Labute approximate surface area is 185 Å². The lowest BCUT2D eigenvalue weighted by Crippen LogP contribution is -2.10. The highest BCUT2D eigenvalue weighted by molar-refractivity contribution is 7.22. The average Bonchev–Trinajstić information content (AvgIpc) is 3.33. The molecule has 0 unspecified atom stereocenters. The van der Waals surface area contributed by atoms with Crippen LogP contribution in [0.15, 0.2) is 41.5 Å². The second-order valence-electron chi connectivity index (χ2n) is 7.07. The molecule has 0 saturated carbocycles. The summed E-state index contributed by atoms with van der Waals surface area (Å²) in [5, 5.41) is 23.7. The minimum atomic E-state index is -0.218. The van der Waals surface area contributed by atoms with Crippen molar-refractivity contribution in [2.75, 3.05) is 0 Å². The van der Waals surface area contributed by atoms with Crippen LogP contribution in [0.2, 0.25) is 5.02 Å². The smallest absolute Gasteiger partial charge is 0.267 e. The molecule has 0 bridgehead atoms. The molecule has 152 valence electrons. The molecule has 0 aliphatic heterocycles. The Morgan fingerprint density at radius 2 is 2.06 bits per heavy atom. The van der Waals surface area contributed by atoms with E-state index in [4.69, 9.17) is 11.6 Å². The van der Waals surface area contributed by atoms with Gasteiger partial charge in [0.15, 0.2) is 0 Å². The minimum absolute atomic E-state index is 0.218. The highest BCUT2D eigenvalue weighted by atomic mass is 35.5. The molecule has 0 radical (unpaired) electrons. The first kappa shape index (κ1) is 19.4. The molecule has 1 N–H and O–H groups in total. The zero-order valence-corrected chi connectivity index (χ0v) is 18.2. The highest BCUT2D eigenvalue weighted by Gasteiger charge is 2.22. The van der Waals surface area contributed by atoms with Crippen LogP contribution in [-0.2, 0) is 13.5 Å². The van der Waals surface area contributed by atoms with Gasteiger partial charge in [0, 0.05) is 29.6 Å². The maximum Gasteiger partial charge on any atom is 0.272 e. The van der Waals surface area contributed by atoms with Crippen molar-refractivity contribution in [1.82, 2.24) is 25.0 Å². The van der Waals surface area contributed by atoms with Gasteiger partial charge in [0.05, 0.1) is 38.4 Å². The lowest BCUT2D eigenvalue weighted by molar-refractivity contribution is 0.777. The SMILES string of the molecule is CCc1n[nH]c(=O)c2ccc(-c3cnn(C)c3-c3sc4ncc(Cl)cc4c3C#N)cc12. The van der Waals surface area contributed by atoms with E-state index in [1.165, 1.54) is 11.3 Å². The number of hydrogen-bond donors (Lipinski definition) is 1. The van der Waals surface area contributed by atoms with Gasteiger partial charge in [-0.3, -0.25) is 9.48 Å². The monoisotopic (exact) mass is 446 g/mol. The van der Waals surface area contributed by atoms with Gasteiger partial charge in [-0.2, -0.15) is 15.5 Å². The molecular weight excluding hydrogens is 432 g/mol. The predicted molar refractivity (Wildman–Crippen MR) is 122 cm³/mol. The number of hydrogen-bond acceptors (Lipinski definition) is 6. The van der Waals surface area contributed by atoms with Gasteiger partial charge in [-0.25, -0.2) is 10.1 Å². The van der Waals surface area contributed by atoms with E-state index >= 15 is 0 Å². The number of H-pyrrole nitrogens is 1. The number of halogens is 1. The van der Waals surface area contributed by atoms with Crippen molar-refractivity contribution in [1.29, 1.82) is 5.26 Å². The number of rotatable bonds is 3. The molecule has 0 fully saturated rings. The number of nitrogens with one attached hydrogen (secondary N) is 1. The maximum atomic E-state index is 12.2. The fraction of sp³-hybridized carbons (Fsp3) is 0.136. The molecule has 0 spiro atoms. The summed E-state index contributed by atoms with van der Waals surface area (Å²) < 4.78 is 1.75. The van der Waals surface area contributed by atoms with Crippen LogP contribution in [0, 0.1) is 11.3 Å². The fourth-order valence-electron chi connectivity index (χ4n) is 3.81. The molecule has 0 atom stereocenters. The number of aromatic nitrogens is 5. The predicted octanol–water partition coefficient (Wildman–Crippen LogP) is 4.69. The molecule has 9 heteroatoms. The van der Waals surface area contributed by atoms with E-state index < -0.39 is 0 Å². The van der Waals surface area contributed by atoms with Crippen molar-refractivity contribution < 1.29 is 0 Å². The Morgan fingerprint density at radius 3 is 2.84 bits per heavy atom. The first-order valence-corrected chi connectivity index (χ1v) is 10.7. The minimum Gasteiger partial charge on any atom is -0.267 e. The molecule has 4 heterocycles. The van der Waals surface area contributed by atoms with Crippen molar-refractivity contribution in [3.63, 3.8) is 0 Å². The van der Waals surface area contributed by atoms with Crippen LogP contribution in [0.5, 0.6) is 0 Å². The van der Waals surface area contributed by atoms with Gasteiger partial charge in [-0.1, -0.05) is 24.6 Å². The molecule has 7 nitrogen and oxygen atoms in total. The Kier molecular flexibility index (Phi) is 4.58. The van der Waals surface area contributed by atoms with Crippen molar-refractivity contribution in [2.24, 2.45) is 7.05 Å². The van der Waals surface area contributed by atoms with Crippen LogP contribution in [0.1, 0.15) is 18.2 Å². The third-order valence-electron chi connectivity index (χ3n) is 5.29. The maximum absolute atomic E-state index is 12.2. The number of aryl methyl sites for hydroxylation is 2. The van der Waals surface area contributed by atoms with Gasteiger partial charge in [0.25, 0.3) is 5.56 Å². The Morgan fingerprint density at radius 1 is 1.23 bits per heavy atom. The lowest BCUT2D eigenvalue weighted by atomic mass is 9.99. The van der Waals surface area contributed by atoms with Gasteiger partial charge >= 0.3 is 0 Å². The molecule has 0 amide bonds. The second kappa shape index (κ2) is 7.30. The van der Waals surface area contributed by atoms with Crippen LogP contribution in [0.3, 0.4) is 0 Å². The summed E-state index contributed by atoms with van der Waals surface area (Å²) in [4.78, 5) is 18.1. The van der Waals surface area contributed by atoms with Gasteiger partial charge in [-0.15, -0.1) is 11.3 Å². The summed E-state index contributed by atoms with van der Waals surface area (Å²) in [6.45, 7) is 2.00. The fourth-order valence-corrected chi connectivity index (χ4v) is 5.13. The van der Waals surface area contributed by atoms with Crippen LogP contribution in [0.25, 0.3) is 42.7 Å². The average molecular weight is 447 g/mol. The highest BCUT2D eigenvalue weighted by Crippen LogP contribution is 2.42. The van der Waals surface area contributed by atoms with Crippen molar-refractivity contribution in [2.45, 2.75) is 13.3 Å². The van der Waals surface area contributed by atoms with Crippen LogP contribution >= 0.6 is 22.9 Å². The Hall–Kier alpha value is -3.54. The van der Waals surface area contributed by atoms with Crippen LogP contribution in [-0.4, -0.2) is 25.0 Å². The van der Waals surface area contributed by atoms with Crippen molar-refractivity contribution >= 4 is 43.9 Å². The van der Waals surface area contributed by atoms with E-state index in [0.29, 0.717) is 22.4 Å². The Bertz CT molecular complexity index is 1590. The zero-order valence-electron chi connectivity index (χ0n) is 16.6. The van der Waals surface area contributed by atoms with E-state index in [-0.39, 0.29) is 5.56 Å². The van der Waals surface area contributed by atoms with E-state index in [2.05, 4.69) is 26.3 Å². The normalized spacial score (nSPS) is 11.3. The number of nitriles is 1. The van der Waals surface area contributed by atoms with Crippen molar-refractivity contribution in [3.8, 4) is 27.8 Å². The van der Waals surface area contributed by atoms with Crippen molar-refractivity contribution in [3.05, 3.63) is 63.3 Å². The largest absolute Gasteiger partial charge is 0.272 e. The molecule has 0 aliphatic rings. The first-order chi connectivity index (χ1) is 15.0. The van der Waals surface area contributed by atoms with Crippen LogP contribution in [0.4, 0.5) is 0 Å². The standard InChI is InChI=1S/C22H15ClN6OS/c1-3-18-14-6-11(4-5-13(14)21(30)28-27-18)17-10-26-29(2)19(17)20-16(8-24)15-7-12(23)9-25-22(15)31-20/h4-7,9-10H,3H2,1-2H3,(H,28,30). The number of benzene rings is 1. The van der Waals surface area contributed by atoms with Crippen LogP contribution < -0.4 is 5.56 Å². The third kappa shape index (κ3) is 3.02. The van der Waals surface area contributed by atoms with E-state index in [9.17, 15) is 10.1 Å². The molecule has 5 aromatic rings.